The van der Waals surface area contributed by atoms with E-state index in [1.165, 1.54) is 6.08 Å². The molecular weight excluding hydrogens is 316 g/mol. The molecule has 3 heteroatoms. The van der Waals surface area contributed by atoms with Crippen LogP contribution in [0.3, 0.4) is 0 Å². The lowest BCUT2D eigenvalue weighted by Crippen LogP contribution is -2.04. The van der Waals surface area contributed by atoms with Crippen LogP contribution in [0.15, 0.2) is 65.1 Å². The first-order chi connectivity index (χ1) is 9.74. The summed E-state index contributed by atoms with van der Waals surface area (Å²) in [6.07, 6.45) is 3.93. The Kier molecular flexibility index (Phi) is 5.56. The second-order valence-corrected chi connectivity index (χ2v) is 5.21. The van der Waals surface area contributed by atoms with Gasteiger partial charge in [-0.1, -0.05) is 58.4 Å². The van der Waals surface area contributed by atoms with Gasteiger partial charge >= 0.3 is 5.97 Å². The Hall–Kier alpha value is -1.87. The summed E-state index contributed by atoms with van der Waals surface area (Å²) in [5.41, 5.74) is 2.12. The van der Waals surface area contributed by atoms with Gasteiger partial charge in [-0.3, -0.25) is 0 Å². The summed E-state index contributed by atoms with van der Waals surface area (Å²) in [6.45, 7) is 0.395. The van der Waals surface area contributed by atoms with E-state index in [0.29, 0.717) is 6.61 Å². The van der Waals surface area contributed by atoms with Crippen molar-refractivity contribution in [1.82, 2.24) is 0 Å². The van der Waals surface area contributed by atoms with Gasteiger partial charge in [0.1, 0.15) is 0 Å². The minimum atomic E-state index is -0.319. The lowest BCUT2D eigenvalue weighted by Gasteiger charge is -2.02. The third-order valence-electron chi connectivity index (χ3n) is 2.74. The van der Waals surface area contributed by atoms with E-state index in [2.05, 4.69) is 15.9 Å². The van der Waals surface area contributed by atoms with Crippen molar-refractivity contribution in [2.24, 2.45) is 0 Å². The van der Waals surface area contributed by atoms with Crippen molar-refractivity contribution in [3.05, 3.63) is 76.3 Å². The number of carbonyl (C=O) groups is 1. The van der Waals surface area contributed by atoms with Crippen LogP contribution in [0.1, 0.15) is 11.1 Å². The first-order valence-corrected chi connectivity index (χ1v) is 7.18. The molecule has 0 heterocycles. The summed E-state index contributed by atoms with van der Waals surface area (Å²) >= 11 is 3.39. The fourth-order valence-corrected chi connectivity index (χ4v) is 2.15. The summed E-state index contributed by atoms with van der Waals surface area (Å²) in [4.78, 5) is 11.6. The summed E-state index contributed by atoms with van der Waals surface area (Å²) in [7, 11) is 0. The van der Waals surface area contributed by atoms with Crippen LogP contribution in [0.5, 0.6) is 0 Å². The van der Waals surface area contributed by atoms with Crippen molar-refractivity contribution < 1.29 is 9.53 Å². The molecule has 0 unspecified atom stereocenters. The fraction of sp³-hybridized carbons (Fsp3) is 0.118. The van der Waals surface area contributed by atoms with Crippen LogP contribution < -0.4 is 0 Å². The minimum Gasteiger partial charge on any atom is -0.462 e. The van der Waals surface area contributed by atoms with Gasteiger partial charge in [-0.2, -0.15) is 0 Å². The minimum absolute atomic E-state index is 0.319. The van der Waals surface area contributed by atoms with Gasteiger partial charge in [0.05, 0.1) is 6.61 Å². The molecule has 0 radical (unpaired) electrons. The van der Waals surface area contributed by atoms with Crippen molar-refractivity contribution in [1.29, 1.82) is 0 Å². The summed E-state index contributed by atoms with van der Waals surface area (Å²) < 4.78 is 6.14. The molecule has 0 saturated carbocycles. The quantitative estimate of drug-likeness (QED) is 0.605. The van der Waals surface area contributed by atoms with Gasteiger partial charge in [-0.15, -0.1) is 0 Å². The average molecular weight is 331 g/mol. The highest BCUT2D eigenvalue weighted by Gasteiger charge is 1.98. The Morgan fingerprint density at radius 2 is 1.90 bits per heavy atom. The number of halogens is 1. The molecule has 2 nitrogen and oxygen atoms in total. The molecule has 0 aliphatic heterocycles. The first kappa shape index (κ1) is 14.5. The Labute approximate surface area is 127 Å². The molecule has 0 bridgehead atoms. The molecular formula is C17H15BrO2. The molecule has 0 aliphatic rings. The lowest BCUT2D eigenvalue weighted by molar-refractivity contribution is -0.137. The van der Waals surface area contributed by atoms with Crippen molar-refractivity contribution in [2.45, 2.75) is 6.42 Å². The van der Waals surface area contributed by atoms with Crippen molar-refractivity contribution in [3.63, 3.8) is 0 Å². The maximum atomic E-state index is 11.6. The molecule has 0 aromatic heterocycles. The molecule has 2 aromatic rings. The number of esters is 1. The molecule has 0 fully saturated rings. The van der Waals surface area contributed by atoms with Crippen LogP contribution in [0.25, 0.3) is 6.08 Å². The largest absolute Gasteiger partial charge is 0.462 e. The van der Waals surface area contributed by atoms with Gasteiger partial charge in [0, 0.05) is 17.0 Å². The summed E-state index contributed by atoms with van der Waals surface area (Å²) in [6, 6.07) is 17.7. The fourth-order valence-electron chi connectivity index (χ4n) is 1.74. The molecule has 0 aliphatic carbocycles. The number of benzene rings is 2. The predicted molar refractivity (Wildman–Crippen MR) is 84.3 cm³/mol. The van der Waals surface area contributed by atoms with Gasteiger partial charge in [-0.25, -0.2) is 4.79 Å². The molecule has 0 saturated heterocycles. The van der Waals surface area contributed by atoms with E-state index >= 15 is 0 Å². The highest BCUT2D eigenvalue weighted by Crippen LogP contribution is 2.12. The van der Waals surface area contributed by atoms with Crippen LogP contribution in [0, 0.1) is 0 Å². The Balaban J connectivity index is 1.78. The lowest BCUT2D eigenvalue weighted by atomic mass is 10.2. The van der Waals surface area contributed by atoms with Gasteiger partial charge < -0.3 is 4.74 Å². The highest BCUT2D eigenvalue weighted by molar-refractivity contribution is 9.10. The van der Waals surface area contributed by atoms with E-state index in [1.54, 1.807) is 6.08 Å². The first-order valence-electron chi connectivity index (χ1n) is 6.38. The SMILES string of the molecule is O=C(/C=C\c1cccc(Br)c1)OCCc1ccccc1. The van der Waals surface area contributed by atoms with Crippen LogP contribution in [-0.4, -0.2) is 12.6 Å². The zero-order chi connectivity index (χ0) is 14.2. The molecule has 0 N–H and O–H groups in total. The molecule has 20 heavy (non-hydrogen) atoms. The van der Waals surface area contributed by atoms with Crippen molar-refractivity contribution in [3.8, 4) is 0 Å². The second kappa shape index (κ2) is 7.65. The van der Waals surface area contributed by atoms with E-state index in [9.17, 15) is 4.79 Å². The normalized spacial score (nSPS) is 10.7. The smallest absolute Gasteiger partial charge is 0.330 e. The Morgan fingerprint density at radius 1 is 1.10 bits per heavy atom. The van der Waals surface area contributed by atoms with Crippen molar-refractivity contribution >= 4 is 28.0 Å². The summed E-state index contributed by atoms with van der Waals surface area (Å²) in [5.74, 6) is -0.319. The molecule has 0 atom stereocenters. The summed E-state index contributed by atoms with van der Waals surface area (Å²) in [5, 5.41) is 0. The molecule has 0 amide bonds. The monoisotopic (exact) mass is 330 g/mol. The highest BCUT2D eigenvalue weighted by atomic mass is 79.9. The van der Waals surface area contributed by atoms with Crippen LogP contribution in [-0.2, 0) is 16.0 Å². The molecule has 102 valence electrons. The molecule has 2 rings (SSSR count). The van der Waals surface area contributed by atoms with Crippen LogP contribution in [0.2, 0.25) is 0 Å². The van der Waals surface area contributed by atoms with Gasteiger partial charge in [0.25, 0.3) is 0 Å². The molecule has 2 aromatic carbocycles. The number of hydrogen-bond donors (Lipinski definition) is 0. The zero-order valence-corrected chi connectivity index (χ0v) is 12.5. The maximum Gasteiger partial charge on any atom is 0.330 e. The average Bonchev–Trinajstić information content (AvgIpc) is 2.46. The van der Waals surface area contributed by atoms with E-state index in [4.69, 9.17) is 4.74 Å². The van der Waals surface area contributed by atoms with E-state index < -0.39 is 0 Å². The number of rotatable bonds is 5. The third-order valence-corrected chi connectivity index (χ3v) is 3.23. The van der Waals surface area contributed by atoms with Crippen molar-refractivity contribution in [2.75, 3.05) is 6.61 Å². The second-order valence-electron chi connectivity index (χ2n) is 4.29. The van der Waals surface area contributed by atoms with Gasteiger partial charge in [-0.05, 0) is 29.3 Å². The Bertz CT molecular complexity index is 591. The number of ether oxygens (including phenoxy) is 1. The van der Waals surface area contributed by atoms with Crippen LogP contribution in [0.4, 0.5) is 0 Å². The van der Waals surface area contributed by atoms with Gasteiger partial charge in [0.15, 0.2) is 0 Å². The topological polar surface area (TPSA) is 26.3 Å². The predicted octanol–water partition coefficient (Wildman–Crippen LogP) is 4.25. The number of carbonyl (C=O) groups excluding carboxylic acids is 1. The zero-order valence-electron chi connectivity index (χ0n) is 11.0. The van der Waals surface area contributed by atoms with E-state index in [0.717, 1.165) is 22.0 Å². The maximum absolute atomic E-state index is 11.6. The van der Waals surface area contributed by atoms with E-state index in [1.807, 2.05) is 54.6 Å². The van der Waals surface area contributed by atoms with Gasteiger partial charge in [0.2, 0.25) is 0 Å². The van der Waals surface area contributed by atoms with Crippen LogP contribution >= 0.6 is 15.9 Å². The van der Waals surface area contributed by atoms with E-state index in [-0.39, 0.29) is 5.97 Å². The Morgan fingerprint density at radius 3 is 2.65 bits per heavy atom. The standard InChI is InChI=1S/C17H15BrO2/c18-16-8-4-7-15(13-16)9-10-17(19)20-12-11-14-5-2-1-3-6-14/h1-10,13H,11-12H2/b10-9-. The third kappa shape index (κ3) is 5.02. The number of hydrogen-bond acceptors (Lipinski definition) is 2. The molecule has 0 spiro atoms.